The lowest BCUT2D eigenvalue weighted by Gasteiger charge is -2.26. The van der Waals surface area contributed by atoms with E-state index in [0.717, 1.165) is 54.5 Å². The first-order valence-electron chi connectivity index (χ1n) is 8.71. The molecule has 3 aromatic rings. The monoisotopic (exact) mass is 380 g/mol. The second-order valence-corrected chi connectivity index (χ2v) is 7.45. The fraction of sp³-hybridized carbons (Fsp3) is 0.316. The standard InChI is InChI=1S/C19H20N6OS/c1-24-11-14(9-22-24)15-7-17(23-19(21)16(15)8-20)18-6-13(12-27-18)10-25-2-4-26-5-3-25/h6-7,9,11-12H,2-5,10H2,1H3,(H2,21,23). The zero-order valence-corrected chi connectivity index (χ0v) is 15.9. The van der Waals surface area contributed by atoms with Crippen LogP contribution in [0.1, 0.15) is 11.1 Å². The second kappa shape index (κ2) is 7.48. The molecule has 1 fully saturated rings. The van der Waals surface area contributed by atoms with E-state index in [2.05, 4.69) is 32.5 Å². The lowest BCUT2D eigenvalue weighted by atomic mass is 10.0. The zero-order chi connectivity index (χ0) is 18.8. The Hall–Kier alpha value is -2.73. The van der Waals surface area contributed by atoms with Crippen molar-refractivity contribution < 1.29 is 4.74 Å². The van der Waals surface area contributed by atoms with E-state index in [1.54, 1.807) is 22.2 Å². The van der Waals surface area contributed by atoms with Crippen LogP contribution in [0.3, 0.4) is 0 Å². The highest BCUT2D eigenvalue weighted by molar-refractivity contribution is 7.13. The molecule has 0 aromatic carbocycles. The van der Waals surface area contributed by atoms with Crippen molar-refractivity contribution in [1.29, 1.82) is 5.26 Å². The number of morpholine rings is 1. The maximum Gasteiger partial charge on any atom is 0.142 e. The Morgan fingerprint density at radius 3 is 2.85 bits per heavy atom. The zero-order valence-electron chi connectivity index (χ0n) is 15.1. The van der Waals surface area contributed by atoms with Gasteiger partial charge in [0.2, 0.25) is 0 Å². The first kappa shape index (κ1) is 17.7. The molecule has 2 N–H and O–H groups in total. The number of aromatic nitrogens is 3. The molecular formula is C19H20N6OS. The molecule has 0 amide bonds. The van der Waals surface area contributed by atoms with Gasteiger partial charge in [-0.25, -0.2) is 4.98 Å². The van der Waals surface area contributed by atoms with Crippen LogP contribution in [0.4, 0.5) is 5.82 Å². The van der Waals surface area contributed by atoms with E-state index in [9.17, 15) is 5.26 Å². The van der Waals surface area contributed by atoms with Gasteiger partial charge in [-0.1, -0.05) is 0 Å². The third-order valence-electron chi connectivity index (χ3n) is 4.59. The Morgan fingerprint density at radius 1 is 1.33 bits per heavy atom. The van der Waals surface area contributed by atoms with E-state index in [1.807, 2.05) is 19.3 Å². The highest BCUT2D eigenvalue weighted by atomic mass is 32.1. The highest BCUT2D eigenvalue weighted by Crippen LogP contribution is 2.33. The SMILES string of the molecule is Cn1cc(-c2cc(-c3cc(CN4CCOCC4)cs3)nc(N)c2C#N)cn1. The molecule has 4 rings (SSSR count). The number of hydrogen-bond acceptors (Lipinski definition) is 7. The molecule has 0 aliphatic carbocycles. The van der Waals surface area contributed by atoms with Crippen molar-refractivity contribution in [3.8, 4) is 27.8 Å². The maximum atomic E-state index is 9.50. The molecule has 1 aliphatic heterocycles. The number of nitrogen functional groups attached to an aromatic ring is 1. The van der Waals surface area contributed by atoms with Crippen molar-refractivity contribution >= 4 is 17.2 Å². The maximum absolute atomic E-state index is 9.50. The summed E-state index contributed by atoms with van der Waals surface area (Å²) in [5, 5.41) is 15.9. The van der Waals surface area contributed by atoms with Crippen LogP contribution in [0.5, 0.6) is 0 Å². The molecule has 1 aliphatic rings. The normalized spacial score (nSPS) is 15.0. The average molecular weight is 380 g/mol. The topological polar surface area (TPSA) is 93.0 Å². The molecule has 0 bridgehead atoms. The number of nitrogens with two attached hydrogens (primary N) is 1. The van der Waals surface area contributed by atoms with E-state index < -0.39 is 0 Å². The minimum Gasteiger partial charge on any atom is -0.383 e. The molecule has 0 saturated carbocycles. The number of nitriles is 1. The van der Waals surface area contributed by atoms with Crippen molar-refractivity contribution in [2.75, 3.05) is 32.0 Å². The van der Waals surface area contributed by atoms with Gasteiger partial charge in [-0.15, -0.1) is 11.3 Å². The van der Waals surface area contributed by atoms with E-state index in [4.69, 9.17) is 10.5 Å². The lowest BCUT2D eigenvalue weighted by Crippen LogP contribution is -2.35. The predicted octanol–water partition coefficient (Wildman–Crippen LogP) is 2.50. The van der Waals surface area contributed by atoms with Crippen LogP contribution in [0.25, 0.3) is 21.7 Å². The molecule has 1 saturated heterocycles. The molecule has 0 spiro atoms. The predicted molar refractivity (Wildman–Crippen MR) is 105 cm³/mol. The van der Waals surface area contributed by atoms with Crippen LogP contribution in [0.15, 0.2) is 29.9 Å². The molecule has 138 valence electrons. The summed E-state index contributed by atoms with van der Waals surface area (Å²) >= 11 is 1.64. The van der Waals surface area contributed by atoms with Gasteiger partial charge in [0.1, 0.15) is 17.5 Å². The minimum absolute atomic E-state index is 0.247. The van der Waals surface area contributed by atoms with Crippen LogP contribution in [-0.2, 0) is 18.3 Å². The van der Waals surface area contributed by atoms with Crippen molar-refractivity contribution in [1.82, 2.24) is 19.7 Å². The van der Waals surface area contributed by atoms with Crippen molar-refractivity contribution in [2.45, 2.75) is 6.54 Å². The molecule has 3 aromatic heterocycles. The van der Waals surface area contributed by atoms with Gasteiger partial charge in [0, 0.05) is 44.0 Å². The quantitative estimate of drug-likeness (QED) is 0.747. The lowest BCUT2D eigenvalue weighted by molar-refractivity contribution is 0.0342. The molecule has 0 radical (unpaired) electrons. The van der Waals surface area contributed by atoms with Gasteiger partial charge in [0.15, 0.2) is 0 Å². The third kappa shape index (κ3) is 3.71. The summed E-state index contributed by atoms with van der Waals surface area (Å²) in [7, 11) is 1.85. The molecule has 7 nitrogen and oxygen atoms in total. The number of thiophene rings is 1. The largest absolute Gasteiger partial charge is 0.383 e. The summed E-state index contributed by atoms with van der Waals surface area (Å²) in [6, 6.07) is 6.25. The summed E-state index contributed by atoms with van der Waals surface area (Å²) in [6.45, 7) is 4.40. The van der Waals surface area contributed by atoms with Gasteiger partial charge in [0.25, 0.3) is 0 Å². The van der Waals surface area contributed by atoms with E-state index in [1.165, 1.54) is 5.56 Å². The van der Waals surface area contributed by atoms with Gasteiger partial charge in [-0.2, -0.15) is 10.4 Å². The van der Waals surface area contributed by atoms with Gasteiger partial charge in [-0.05, 0) is 23.1 Å². The Balaban J connectivity index is 1.66. The molecule has 0 atom stereocenters. The summed E-state index contributed by atoms with van der Waals surface area (Å²) in [4.78, 5) is 7.90. The number of aryl methyl sites for hydroxylation is 1. The number of rotatable bonds is 4. The highest BCUT2D eigenvalue weighted by Gasteiger charge is 2.17. The fourth-order valence-corrected chi connectivity index (χ4v) is 4.07. The van der Waals surface area contributed by atoms with E-state index in [0.29, 0.717) is 5.56 Å². The smallest absolute Gasteiger partial charge is 0.142 e. The Labute approximate surface area is 161 Å². The van der Waals surface area contributed by atoms with Crippen LogP contribution in [-0.4, -0.2) is 46.0 Å². The molecule has 4 heterocycles. The van der Waals surface area contributed by atoms with Gasteiger partial charge < -0.3 is 10.5 Å². The molecule has 0 unspecified atom stereocenters. The number of pyridine rings is 1. The van der Waals surface area contributed by atoms with Crippen molar-refractivity contribution in [3.63, 3.8) is 0 Å². The van der Waals surface area contributed by atoms with E-state index >= 15 is 0 Å². The van der Waals surface area contributed by atoms with Gasteiger partial charge in [0.05, 0.1) is 30.0 Å². The van der Waals surface area contributed by atoms with Crippen LogP contribution in [0, 0.1) is 11.3 Å². The van der Waals surface area contributed by atoms with E-state index in [-0.39, 0.29) is 5.82 Å². The van der Waals surface area contributed by atoms with Crippen LogP contribution < -0.4 is 5.73 Å². The summed E-state index contributed by atoms with van der Waals surface area (Å²) in [5.41, 5.74) is 10.1. The van der Waals surface area contributed by atoms with Gasteiger partial charge >= 0.3 is 0 Å². The summed E-state index contributed by atoms with van der Waals surface area (Å²) < 4.78 is 7.11. The number of anilines is 1. The molecule has 27 heavy (non-hydrogen) atoms. The Bertz CT molecular complexity index is 996. The first-order chi connectivity index (χ1) is 13.1. The van der Waals surface area contributed by atoms with Crippen LogP contribution in [0.2, 0.25) is 0 Å². The minimum atomic E-state index is 0.247. The summed E-state index contributed by atoms with van der Waals surface area (Å²) in [5.74, 6) is 0.247. The first-order valence-corrected chi connectivity index (χ1v) is 9.59. The number of nitrogens with zero attached hydrogens (tertiary/aromatic N) is 5. The van der Waals surface area contributed by atoms with Crippen LogP contribution >= 0.6 is 11.3 Å². The molecular weight excluding hydrogens is 360 g/mol. The molecule has 8 heteroatoms. The van der Waals surface area contributed by atoms with Gasteiger partial charge in [-0.3, -0.25) is 9.58 Å². The van der Waals surface area contributed by atoms with Crippen molar-refractivity contribution in [2.24, 2.45) is 7.05 Å². The fourth-order valence-electron chi connectivity index (χ4n) is 3.21. The van der Waals surface area contributed by atoms with Crippen molar-refractivity contribution in [3.05, 3.63) is 41.0 Å². The second-order valence-electron chi connectivity index (χ2n) is 6.54. The Morgan fingerprint density at radius 2 is 2.15 bits per heavy atom. The average Bonchev–Trinajstić information content (AvgIpc) is 3.31. The number of ether oxygens (including phenoxy) is 1. The third-order valence-corrected chi connectivity index (χ3v) is 5.59. The summed E-state index contributed by atoms with van der Waals surface area (Å²) in [6.07, 6.45) is 3.61. The number of hydrogen-bond donors (Lipinski definition) is 1. The Kier molecular flexibility index (Phi) is 4.90.